The van der Waals surface area contributed by atoms with E-state index >= 15 is 0 Å². The summed E-state index contributed by atoms with van der Waals surface area (Å²) in [5.41, 5.74) is 0.405. The highest BCUT2D eigenvalue weighted by molar-refractivity contribution is 7.18. The highest BCUT2D eigenvalue weighted by Crippen LogP contribution is 2.35. The molecule has 1 fully saturated rings. The number of alkyl halides is 3. The molecule has 13 heteroatoms. The molecule has 1 aromatic carbocycles. The molecule has 3 heterocycles. The summed E-state index contributed by atoms with van der Waals surface area (Å²) < 4.78 is 46.8. The third-order valence-electron chi connectivity index (χ3n) is 5.38. The highest BCUT2D eigenvalue weighted by Gasteiger charge is 2.35. The number of pyridine rings is 1. The summed E-state index contributed by atoms with van der Waals surface area (Å²) >= 11 is 1.43. The van der Waals surface area contributed by atoms with Gasteiger partial charge in [0.05, 0.1) is 47.1 Å². The van der Waals surface area contributed by atoms with E-state index in [0.29, 0.717) is 29.3 Å². The number of halogens is 3. The second kappa shape index (κ2) is 9.23. The van der Waals surface area contributed by atoms with Crippen LogP contribution in [0.15, 0.2) is 36.8 Å². The Morgan fingerprint density at radius 2 is 2.00 bits per heavy atom. The number of nitrogens with zero attached hydrogens (tertiary/aromatic N) is 5. The van der Waals surface area contributed by atoms with E-state index in [2.05, 4.69) is 30.8 Å². The first-order valence-corrected chi connectivity index (χ1v) is 11.6. The number of fused-ring (bicyclic) bond motifs is 1. The molecule has 9 nitrogen and oxygen atoms in total. The molecule has 2 amide bonds. The third-order valence-corrected chi connectivity index (χ3v) is 6.26. The Morgan fingerprint density at radius 1 is 1.23 bits per heavy atom. The first-order valence-electron chi connectivity index (χ1n) is 10.8. The monoisotopic (exact) mass is 503 g/mol. The number of carbonyl (C=O) groups is 1. The Kier molecular flexibility index (Phi) is 6.11. The second-order valence-electron chi connectivity index (χ2n) is 8.12. The molecule has 5 rings (SSSR count). The number of amides is 2. The van der Waals surface area contributed by atoms with E-state index < -0.39 is 17.8 Å². The Hall–Kier alpha value is -3.58. The van der Waals surface area contributed by atoms with Crippen LogP contribution in [0.5, 0.6) is 0 Å². The first-order chi connectivity index (χ1) is 16.8. The molecule has 0 spiro atoms. The minimum absolute atomic E-state index is 0.0456. The van der Waals surface area contributed by atoms with E-state index in [1.807, 2.05) is 6.92 Å². The van der Waals surface area contributed by atoms with Crippen molar-refractivity contribution in [3.8, 4) is 5.69 Å². The number of nitrogens with one attached hydrogen (secondary N) is 2. The molecule has 1 aliphatic rings. The van der Waals surface area contributed by atoms with Crippen molar-refractivity contribution in [3.05, 3.63) is 52.9 Å². The number of hydrogen-bond acceptors (Lipinski definition) is 7. The summed E-state index contributed by atoms with van der Waals surface area (Å²) in [6.45, 7) is 2.72. The Morgan fingerprint density at radius 3 is 2.71 bits per heavy atom. The largest absolute Gasteiger partial charge is 0.418 e. The number of rotatable bonds is 7. The standard InChI is InChI=1S/C22H20F3N7O2S/c1-12-29-19-15(11-34-10-13-2-3-13)17(9-26-20(19)35-12)31-21(33)30-14-4-5-18(32-27-6-7-28-32)16(8-14)22(23,24)25/h4-9,13H,2-3,10-11H2,1H3,(H2,30,31,33). The molecule has 0 radical (unpaired) electrons. The van der Waals surface area contributed by atoms with Crippen LogP contribution in [-0.4, -0.2) is 37.6 Å². The predicted molar refractivity (Wildman–Crippen MR) is 124 cm³/mol. The van der Waals surface area contributed by atoms with Crippen molar-refractivity contribution in [2.75, 3.05) is 17.2 Å². The quantitative estimate of drug-likeness (QED) is 0.360. The number of anilines is 2. The average molecular weight is 504 g/mol. The van der Waals surface area contributed by atoms with E-state index in [1.54, 1.807) is 0 Å². The van der Waals surface area contributed by atoms with E-state index in [9.17, 15) is 18.0 Å². The van der Waals surface area contributed by atoms with E-state index in [4.69, 9.17) is 4.74 Å². The average Bonchev–Trinajstić information content (AvgIpc) is 3.30. The minimum atomic E-state index is -4.68. The SMILES string of the molecule is Cc1nc2c(COCC3CC3)c(NC(=O)Nc3ccc(-n4nccn4)c(C(F)(F)F)c3)cnc2s1. The van der Waals surface area contributed by atoms with Crippen molar-refractivity contribution in [2.45, 2.75) is 32.5 Å². The van der Waals surface area contributed by atoms with Crippen molar-refractivity contribution in [1.29, 1.82) is 0 Å². The maximum absolute atomic E-state index is 13.7. The lowest BCUT2D eigenvalue weighted by atomic mass is 10.1. The maximum atomic E-state index is 13.7. The second-order valence-corrected chi connectivity index (χ2v) is 9.30. The number of aromatic nitrogens is 5. The van der Waals surface area contributed by atoms with Crippen LogP contribution in [0.3, 0.4) is 0 Å². The van der Waals surface area contributed by atoms with Crippen molar-refractivity contribution in [2.24, 2.45) is 5.92 Å². The summed E-state index contributed by atoms with van der Waals surface area (Å²) in [6, 6.07) is 2.66. The van der Waals surface area contributed by atoms with Gasteiger partial charge in [-0.25, -0.2) is 14.8 Å². The van der Waals surface area contributed by atoms with Gasteiger partial charge in [0.1, 0.15) is 10.3 Å². The molecule has 1 saturated carbocycles. The summed E-state index contributed by atoms with van der Waals surface area (Å²) in [5.74, 6) is 0.562. The third kappa shape index (κ3) is 5.25. The number of hydrogen-bond donors (Lipinski definition) is 2. The van der Waals surface area contributed by atoms with Crippen LogP contribution in [0.4, 0.5) is 29.3 Å². The molecule has 35 heavy (non-hydrogen) atoms. The number of carbonyl (C=O) groups excluding carboxylic acids is 1. The predicted octanol–water partition coefficient (Wildman–Crippen LogP) is 5.17. The zero-order chi connectivity index (χ0) is 24.6. The van der Waals surface area contributed by atoms with Crippen LogP contribution < -0.4 is 10.6 Å². The van der Waals surface area contributed by atoms with E-state index in [1.165, 1.54) is 42.1 Å². The molecule has 2 N–H and O–H groups in total. The normalized spacial score (nSPS) is 13.8. The van der Waals surface area contributed by atoms with E-state index in [0.717, 1.165) is 33.5 Å². The Balaban J connectivity index is 1.37. The molecule has 0 unspecified atom stereocenters. The number of thiazole rings is 1. The van der Waals surface area contributed by atoms with Crippen LogP contribution in [0.25, 0.3) is 16.0 Å². The van der Waals surface area contributed by atoms with Gasteiger partial charge >= 0.3 is 12.2 Å². The maximum Gasteiger partial charge on any atom is 0.418 e. The van der Waals surface area contributed by atoms with Gasteiger partial charge in [-0.1, -0.05) is 11.3 Å². The molecule has 0 bridgehead atoms. The van der Waals surface area contributed by atoms with Gasteiger partial charge < -0.3 is 15.4 Å². The zero-order valence-corrected chi connectivity index (χ0v) is 19.3. The van der Waals surface area contributed by atoms with Crippen LogP contribution in [0, 0.1) is 12.8 Å². The molecule has 3 aromatic heterocycles. The topological polar surface area (TPSA) is 107 Å². The van der Waals surface area contributed by atoms with Crippen molar-refractivity contribution < 1.29 is 22.7 Å². The zero-order valence-electron chi connectivity index (χ0n) is 18.5. The lowest BCUT2D eigenvalue weighted by Crippen LogP contribution is -2.21. The molecule has 0 aliphatic heterocycles. The number of benzene rings is 1. The summed E-state index contributed by atoms with van der Waals surface area (Å²) in [6.07, 6.45) is 1.67. The first kappa shape index (κ1) is 23.2. The molecule has 182 valence electrons. The minimum Gasteiger partial charge on any atom is -0.376 e. The van der Waals surface area contributed by atoms with Gasteiger partial charge in [-0.3, -0.25) is 0 Å². The molecule has 0 saturated heterocycles. The highest BCUT2D eigenvalue weighted by atomic mass is 32.1. The van der Waals surface area contributed by atoms with Gasteiger partial charge in [0.2, 0.25) is 0 Å². The van der Waals surface area contributed by atoms with Gasteiger partial charge in [-0.2, -0.15) is 28.2 Å². The van der Waals surface area contributed by atoms with Gasteiger partial charge in [0, 0.05) is 17.9 Å². The Bertz CT molecular complexity index is 1370. The number of ether oxygens (including phenoxy) is 1. The molecular weight excluding hydrogens is 483 g/mol. The lowest BCUT2D eigenvalue weighted by molar-refractivity contribution is -0.137. The molecule has 0 atom stereocenters. The van der Waals surface area contributed by atoms with Gasteiger partial charge in [-0.05, 0) is 43.9 Å². The van der Waals surface area contributed by atoms with Crippen molar-refractivity contribution in [3.63, 3.8) is 0 Å². The molecular formula is C22H20F3N7O2S. The smallest absolute Gasteiger partial charge is 0.376 e. The summed E-state index contributed by atoms with van der Waals surface area (Å²) in [7, 11) is 0. The van der Waals surface area contributed by atoms with Crippen LogP contribution in [0.2, 0.25) is 0 Å². The lowest BCUT2D eigenvalue weighted by Gasteiger charge is -2.15. The fourth-order valence-corrected chi connectivity index (χ4v) is 4.32. The molecule has 4 aromatic rings. The van der Waals surface area contributed by atoms with E-state index in [-0.39, 0.29) is 18.0 Å². The van der Waals surface area contributed by atoms with Gasteiger partial charge in [-0.15, -0.1) is 0 Å². The molecule has 1 aliphatic carbocycles. The van der Waals surface area contributed by atoms with Crippen LogP contribution in [-0.2, 0) is 17.5 Å². The Labute approximate surface area is 201 Å². The summed E-state index contributed by atoms with van der Waals surface area (Å²) in [4.78, 5) is 23.2. The fourth-order valence-electron chi connectivity index (χ4n) is 3.54. The van der Waals surface area contributed by atoms with Gasteiger partial charge in [0.15, 0.2) is 0 Å². The fraction of sp³-hybridized carbons (Fsp3) is 0.318. The summed E-state index contributed by atoms with van der Waals surface area (Å²) in [5, 5.41) is 13.5. The number of aryl methyl sites for hydroxylation is 1. The van der Waals surface area contributed by atoms with Crippen molar-refractivity contribution >= 4 is 39.1 Å². The van der Waals surface area contributed by atoms with Gasteiger partial charge in [0.25, 0.3) is 0 Å². The van der Waals surface area contributed by atoms with Crippen LogP contribution >= 0.6 is 11.3 Å². The number of urea groups is 1. The van der Waals surface area contributed by atoms with Crippen molar-refractivity contribution in [1.82, 2.24) is 25.0 Å². The van der Waals surface area contributed by atoms with Crippen LogP contribution in [0.1, 0.15) is 29.0 Å².